The van der Waals surface area contributed by atoms with Crippen molar-refractivity contribution in [2.75, 3.05) is 19.6 Å². The van der Waals surface area contributed by atoms with E-state index in [1.165, 1.54) is 25.3 Å². The third-order valence-electron chi connectivity index (χ3n) is 7.24. The van der Waals surface area contributed by atoms with Crippen LogP contribution in [0.3, 0.4) is 0 Å². The summed E-state index contributed by atoms with van der Waals surface area (Å²) in [6.45, 7) is 3.97. The standard InChI is InChI=1S/C28H27FN4O2/c29-21-9-6-11-23-24(21)20(17-33(23)15-7-14-32-12-4-1-5-13-32)26-25(27(34)31-28(26)35)19-16-30-22-10-3-2-8-18(19)22/h2-3,6,8-11,16-17,30H,1,4-5,7,12-15H2,(H,31,34,35). The minimum atomic E-state index is -0.495. The number of aromatic nitrogens is 2. The highest BCUT2D eigenvalue weighted by atomic mass is 19.1. The van der Waals surface area contributed by atoms with E-state index in [1.807, 2.05) is 41.1 Å². The number of rotatable bonds is 6. The first-order chi connectivity index (χ1) is 17.1. The second-order valence-corrected chi connectivity index (χ2v) is 9.41. The quantitative estimate of drug-likeness (QED) is 0.401. The number of imide groups is 1. The smallest absolute Gasteiger partial charge is 0.259 e. The zero-order chi connectivity index (χ0) is 23.9. The normalized spacial score (nSPS) is 17.2. The summed E-state index contributed by atoms with van der Waals surface area (Å²) in [5, 5.41) is 3.66. The Morgan fingerprint density at radius 2 is 1.63 bits per heavy atom. The molecule has 2 aromatic carbocycles. The highest BCUT2D eigenvalue weighted by Crippen LogP contribution is 2.39. The molecule has 2 aliphatic rings. The Bertz CT molecular complexity index is 1490. The van der Waals surface area contributed by atoms with Gasteiger partial charge in [-0.25, -0.2) is 4.39 Å². The fourth-order valence-electron chi connectivity index (χ4n) is 5.58. The molecule has 35 heavy (non-hydrogen) atoms. The van der Waals surface area contributed by atoms with Gasteiger partial charge in [-0.2, -0.15) is 0 Å². The number of nitrogens with zero attached hydrogens (tertiary/aromatic N) is 2. The number of fused-ring (bicyclic) bond motifs is 2. The van der Waals surface area contributed by atoms with Crippen LogP contribution in [0, 0.1) is 5.82 Å². The van der Waals surface area contributed by atoms with Crippen LogP contribution in [-0.4, -0.2) is 45.9 Å². The molecule has 2 aliphatic heterocycles. The molecule has 2 aromatic heterocycles. The van der Waals surface area contributed by atoms with E-state index in [4.69, 9.17) is 0 Å². The Morgan fingerprint density at radius 3 is 2.46 bits per heavy atom. The Labute approximate surface area is 202 Å². The van der Waals surface area contributed by atoms with Gasteiger partial charge in [0.15, 0.2) is 0 Å². The minimum Gasteiger partial charge on any atom is -0.361 e. The summed E-state index contributed by atoms with van der Waals surface area (Å²) in [6, 6.07) is 12.6. The number of carbonyl (C=O) groups is 2. The summed E-state index contributed by atoms with van der Waals surface area (Å²) >= 11 is 0. The number of aryl methyl sites for hydroxylation is 1. The molecule has 6 nitrogen and oxygen atoms in total. The first-order valence-electron chi connectivity index (χ1n) is 12.3. The fraction of sp³-hybridized carbons (Fsp3) is 0.286. The predicted molar refractivity (Wildman–Crippen MR) is 135 cm³/mol. The van der Waals surface area contributed by atoms with Crippen LogP contribution < -0.4 is 5.32 Å². The van der Waals surface area contributed by atoms with Crippen molar-refractivity contribution in [3.05, 3.63) is 71.8 Å². The molecule has 4 aromatic rings. The lowest BCUT2D eigenvalue weighted by Gasteiger charge is -2.26. The third kappa shape index (κ3) is 3.76. The van der Waals surface area contributed by atoms with E-state index in [1.54, 1.807) is 12.3 Å². The fourth-order valence-corrected chi connectivity index (χ4v) is 5.58. The molecule has 1 saturated heterocycles. The monoisotopic (exact) mass is 470 g/mol. The number of hydrogen-bond acceptors (Lipinski definition) is 3. The molecule has 0 saturated carbocycles. The van der Waals surface area contributed by atoms with Crippen LogP contribution in [0.1, 0.15) is 36.8 Å². The van der Waals surface area contributed by atoms with Gasteiger partial charge in [0.1, 0.15) is 5.82 Å². The van der Waals surface area contributed by atoms with Gasteiger partial charge >= 0.3 is 0 Å². The summed E-state index contributed by atoms with van der Waals surface area (Å²) in [7, 11) is 0. The molecular weight excluding hydrogens is 443 g/mol. The van der Waals surface area contributed by atoms with Gasteiger partial charge in [-0.1, -0.05) is 30.7 Å². The maximum absolute atomic E-state index is 15.2. The summed E-state index contributed by atoms with van der Waals surface area (Å²) in [4.78, 5) is 31.7. The maximum Gasteiger partial charge on any atom is 0.259 e. The number of nitrogens with one attached hydrogen (secondary N) is 2. The summed E-state index contributed by atoms with van der Waals surface area (Å²) in [6.07, 6.45) is 8.30. The zero-order valence-corrected chi connectivity index (χ0v) is 19.4. The molecule has 6 rings (SSSR count). The van der Waals surface area contributed by atoms with Crippen LogP contribution in [0.15, 0.2) is 54.9 Å². The van der Waals surface area contributed by atoms with Gasteiger partial charge < -0.3 is 14.5 Å². The maximum atomic E-state index is 15.2. The van der Waals surface area contributed by atoms with Crippen molar-refractivity contribution in [3.63, 3.8) is 0 Å². The number of benzene rings is 2. The second kappa shape index (κ2) is 8.82. The van der Waals surface area contributed by atoms with Crippen LogP contribution >= 0.6 is 0 Å². The summed E-state index contributed by atoms with van der Waals surface area (Å²) in [5.74, 6) is -1.35. The number of amides is 2. The zero-order valence-electron chi connectivity index (χ0n) is 19.4. The van der Waals surface area contributed by atoms with Gasteiger partial charge in [-0.05, 0) is 57.1 Å². The Morgan fingerprint density at radius 1 is 0.857 bits per heavy atom. The third-order valence-corrected chi connectivity index (χ3v) is 7.24. The molecule has 4 heterocycles. The van der Waals surface area contributed by atoms with Crippen LogP contribution in [0.25, 0.3) is 33.0 Å². The SMILES string of the molecule is O=C1NC(=O)C(c2cn(CCCN3CCCCC3)c3cccc(F)c23)=C1c1c[nH]c2ccccc12. The molecule has 2 N–H and O–H groups in total. The van der Waals surface area contributed by atoms with Crippen molar-refractivity contribution in [3.8, 4) is 0 Å². The number of H-pyrrole nitrogens is 1. The van der Waals surface area contributed by atoms with E-state index in [2.05, 4.69) is 15.2 Å². The lowest BCUT2D eigenvalue weighted by atomic mass is 9.95. The molecule has 0 radical (unpaired) electrons. The van der Waals surface area contributed by atoms with Crippen molar-refractivity contribution in [1.82, 2.24) is 19.8 Å². The topological polar surface area (TPSA) is 70.1 Å². The number of piperidine rings is 1. The average Bonchev–Trinajstić information content (AvgIpc) is 3.53. The van der Waals surface area contributed by atoms with E-state index in [0.29, 0.717) is 23.1 Å². The van der Waals surface area contributed by atoms with Crippen molar-refractivity contribution in [2.45, 2.75) is 32.2 Å². The number of halogens is 1. The van der Waals surface area contributed by atoms with E-state index in [9.17, 15) is 9.59 Å². The molecule has 0 atom stereocenters. The lowest BCUT2D eigenvalue weighted by molar-refractivity contribution is -0.122. The van der Waals surface area contributed by atoms with Crippen LogP contribution in [0.5, 0.6) is 0 Å². The summed E-state index contributed by atoms with van der Waals surface area (Å²) in [5.41, 5.74) is 3.21. The average molecular weight is 471 g/mol. The lowest BCUT2D eigenvalue weighted by Crippen LogP contribution is -2.31. The van der Waals surface area contributed by atoms with Gasteiger partial charge in [-0.3, -0.25) is 14.9 Å². The Balaban J connectivity index is 1.45. The molecular formula is C28H27FN4O2. The second-order valence-electron chi connectivity index (χ2n) is 9.41. The van der Waals surface area contributed by atoms with Gasteiger partial charge in [-0.15, -0.1) is 0 Å². The molecule has 0 bridgehead atoms. The van der Waals surface area contributed by atoms with Gasteiger partial charge in [0.25, 0.3) is 11.8 Å². The van der Waals surface area contributed by atoms with E-state index < -0.39 is 17.6 Å². The van der Waals surface area contributed by atoms with Crippen LogP contribution in [0.2, 0.25) is 0 Å². The van der Waals surface area contributed by atoms with E-state index >= 15 is 4.39 Å². The van der Waals surface area contributed by atoms with Gasteiger partial charge in [0, 0.05) is 46.4 Å². The number of likely N-dealkylation sites (tertiary alicyclic amines) is 1. The molecule has 178 valence electrons. The molecule has 7 heteroatoms. The largest absolute Gasteiger partial charge is 0.361 e. The van der Waals surface area contributed by atoms with Crippen molar-refractivity contribution < 1.29 is 14.0 Å². The molecule has 0 spiro atoms. The minimum absolute atomic E-state index is 0.227. The van der Waals surface area contributed by atoms with Crippen LogP contribution in [0.4, 0.5) is 4.39 Å². The number of hydrogen-bond donors (Lipinski definition) is 2. The predicted octanol–water partition coefficient (Wildman–Crippen LogP) is 4.70. The Kier molecular flexibility index (Phi) is 5.49. The first-order valence-corrected chi connectivity index (χ1v) is 12.3. The molecule has 1 fully saturated rings. The molecule has 0 aliphatic carbocycles. The number of carbonyl (C=O) groups excluding carboxylic acids is 2. The molecule has 0 unspecified atom stereocenters. The number of aromatic amines is 1. The highest BCUT2D eigenvalue weighted by Gasteiger charge is 2.35. The molecule has 2 amide bonds. The van der Waals surface area contributed by atoms with E-state index in [0.717, 1.165) is 42.5 Å². The first kappa shape index (κ1) is 21.8. The van der Waals surface area contributed by atoms with Gasteiger partial charge in [0.2, 0.25) is 0 Å². The van der Waals surface area contributed by atoms with Crippen LogP contribution in [-0.2, 0) is 16.1 Å². The number of para-hydroxylation sites is 1. The van der Waals surface area contributed by atoms with Crippen molar-refractivity contribution >= 4 is 44.8 Å². The Hall–Kier alpha value is -3.71. The van der Waals surface area contributed by atoms with Crippen molar-refractivity contribution in [2.24, 2.45) is 0 Å². The van der Waals surface area contributed by atoms with E-state index in [-0.39, 0.29) is 11.1 Å². The van der Waals surface area contributed by atoms with Crippen molar-refractivity contribution in [1.29, 1.82) is 0 Å². The summed E-state index contributed by atoms with van der Waals surface area (Å²) < 4.78 is 17.2. The van der Waals surface area contributed by atoms with Gasteiger partial charge in [0.05, 0.1) is 16.7 Å². The highest BCUT2D eigenvalue weighted by molar-refractivity contribution is 6.50.